The van der Waals surface area contributed by atoms with Gasteiger partial charge in [-0.2, -0.15) is 0 Å². The minimum Gasteiger partial charge on any atom is -0.497 e. The van der Waals surface area contributed by atoms with Gasteiger partial charge in [-0.05, 0) is 18.2 Å². The van der Waals surface area contributed by atoms with Gasteiger partial charge in [0, 0.05) is 19.1 Å². The second kappa shape index (κ2) is 6.10. The van der Waals surface area contributed by atoms with E-state index in [1.807, 2.05) is 0 Å². The molecule has 5 heteroatoms. The predicted octanol–water partition coefficient (Wildman–Crippen LogP) is 1.35. The van der Waals surface area contributed by atoms with Crippen LogP contribution in [0, 0.1) is 0 Å². The molecule has 1 aromatic rings. The van der Waals surface area contributed by atoms with E-state index in [0.717, 1.165) is 5.56 Å². The monoisotopic (exact) mass is 240 g/mol. The summed E-state index contributed by atoms with van der Waals surface area (Å²) in [6.45, 7) is 0. The number of rotatable bonds is 6. The normalized spacial score (nSPS) is 11.9. The summed E-state index contributed by atoms with van der Waals surface area (Å²) >= 11 is 0. The maximum Gasteiger partial charge on any atom is 0.333 e. The molecule has 1 atom stereocenters. The predicted molar refractivity (Wildman–Crippen MR) is 61.7 cm³/mol. The molecule has 0 aliphatic heterocycles. The number of methoxy groups -OCH3 is 3. The van der Waals surface area contributed by atoms with E-state index in [-0.39, 0.29) is 6.42 Å². The van der Waals surface area contributed by atoms with E-state index < -0.39 is 12.1 Å². The molecule has 17 heavy (non-hydrogen) atoms. The van der Waals surface area contributed by atoms with Crippen molar-refractivity contribution in [1.82, 2.24) is 0 Å². The third kappa shape index (κ3) is 3.35. The van der Waals surface area contributed by atoms with Gasteiger partial charge in [0.25, 0.3) is 0 Å². The highest BCUT2D eigenvalue weighted by atomic mass is 16.5. The van der Waals surface area contributed by atoms with Crippen LogP contribution in [-0.2, 0) is 16.0 Å². The zero-order valence-electron chi connectivity index (χ0n) is 10.1. The van der Waals surface area contributed by atoms with Gasteiger partial charge in [-0.1, -0.05) is 0 Å². The van der Waals surface area contributed by atoms with Crippen molar-refractivity contribution in [2.24, 2.45) is 0 Å². The van der Waals surface area contributed by atoms with Gasteiger partial charge in [-0.25, -0.2) is 4.79 Å². The van der Waals surface area contributed by atoms with E-state index in [4.69, 9.17) is 19.3 Å². The summed E-state index contributed by atoms with van der Waals surface area (Å²) in [6.07, 6.45) is -0.664. The average molecular weight is 240 g/mol. The Morgan fingerprint density at radius 1 is 1.29 bits per heavy atom. The maximum absolute atomic E-state index is 10.9. The maximum atomic E-state index is 10.9. The zero-order chi connectivity index (χ0) is 12.8. The fraction of sp³-hybridized carbons (Fsp3) is 0.417. The van der Waals surface area contributed by atoms with Gasteiger partial charge in [0.15, 0.2) is 6.10 Å². The van der Waals surface area contributed by atoms with Crippen molar-refractivity contribution in [2.45, 2.75) is 12.5 Å². The quantitative estimate of drug-likeness (QED) is 0.813. The molecule has 0 bridgehead atoms. The van der Waals surface area contributed by atoms with Crippen molar-refractivity contribution in [3.8, 4) is 11.5 Å². The van der Waals surface area contributed by atoms with Crippen LogP contribution in [0.1, 0.15) is 5.56 Å². The van der Waals surface area contributed by atoms with Crippen LogP contribution >= 0.6 is 0 Å². The van der Waals surface area contributed by atoms with E-state index in [1.165, 1.54) is 14.2 Å². The van der Waals surface area contributed by atoms with Gasteiger partial charge >= 0.3 is 5.97 Å². The Hall–Kier alpha value is -1.75. The average Bonchev–Trinajstić information content (AvgIpc) is 2.35. The molecule has 0 saturated heterocycles. The van der Waals surface area contributed by atoms with Crippen LogP contribution < -0.4 is 9.47 Å². The summed E-state index contributed by atoms with van der Waals surface area (Å²) in [4.78, 5) is 10.9. The lowest BCUT2D eigenvalue weighted by molar-refractivity contribution is -0.148. The van der Waals surface area contributed by atoms with Crippen molar-refractivity contribution in [3.05, 3.63) is 23.8 Å². The summed E-state index contributed by atoms with van der Waals surface area (Å²) in [5.74, 6) is 0.271. The highest BCUT2D eigenvalue weighted by molar-refractivity contribution is 5.73. The van der Waals surface area contributed by atoms with E-state index in [9.17, 15) is 4.79 Å². The summed E-state index contributed by atoms with van der Waals surface area (Å²) < 4.78 is 15.1. The number of ether oxygens (including phenoxy) is 3. The van der Waals surface area contributed by atoms with Gasteiger partial charge in [-0.3, -0.25) is 0 Å². The minimum absolute atomic E-state index is 0.228. The topological polar surface area (TPSA) is 65.0 Å². The smallest absolute Gasteiger partial charge is 0.333 e. The van der Waals surface area contributed by atoms with Gasteiger partial charge in [0.2, 0.25) is 0 Å². The molecular formula is C12H16O5. The Kier molecular flexibility index (Phi) is 4.78. The van der Waals surface area contributed by atoms with Crippen molar-refractivity contribution in [3.63, 3.8) is 0 Å². The largest absolute Gasteiger partial charge is 0.497 e. The molecule has 1 aromatic carbocycles. The van der Waals surface area contributed by atoms with Gasteiger partial charge in [0.05, 0.1) is 14.2 Å². The van der Waals surface area contributed by atoms with Crippen molar-refractivity contribution in [1.29, 1.82) is 0 Å². The molecule has 0 aromatic heterocycles. The Morgan fingerprint density at radius 3 is 2.47 bits per heavy atom. The van der Waals surface area contributed by atoms with Gasteiger partial charge in [-0.15, -0.1) is 0 Å². The number of carboxylic acids is 1. The third-order valence-corrected chi connectivity index (χ3v) is 2.45. The standard InChI is InChI=1S/C12H16O5/c1-15-9-4-5-10(16-2)8(6-9)7-11(17-3)12(13)14/h4-6,11H,7H2,1-3H3,(H,13,14). The van der Waals surface area contributed by atoms with Gasteiger partial charge < -0.3 is 19.3 Å². The highest BCUT2D eigenvalue weighted by Crippen LogP contribution is 2.25. The van der Waals surface area contributed by atoms with Crippen LogP contribution in [0.5, 0.6) is 11.5 Å². The number of carboxylic acid groups (broad SMARTS) is 1. The van der Waals surface area contributed by atoms with Crippen LogP contribution in [0.15, 0.2) is 18.2 Å². The lowest BCUT2D eigenvalue weighted by Crippen LogP contribution is -2.25. The molecule has 0 heterocycles. The van der Waals surface area contributed by atoms with E-state index in [2.05, 4.69) is 0 Å². The molecule has 0 amide bonds. The van der Waals surface area contributed by atoms with E-state index in [1.54, 1.807) is 25.3 Å². The first-order valence-corrected chi connectivity index (χ1v) is 5.08. The van der Waals surface area contributed by atoms with Gasteiger partial charge in [0.1, 0.15) is 11.5 Å². The van der Waals surface area contributed by atoms with Crippen LogP contribution in [-0.4, -0.2) is 38.5 Å². The third-order valence-electron chi connectivity index (χ3n) is 2.45. The second-order valence-corrected chi connectivity index (χ2v) is 3.44. The Bertz CT molecular complexity index is 388. The Morgan fingerprint density at radius 2 is 2.00 bits per heavy atom. The van der Waals surface area contributed by atoms with E-state index >= 15 is 0 Å². The highest BCUT2D eigenvalue weighted by Gasteiger charge is 2.19. The Balaban J connectivity index is 2.97. The molecular weight excluding hydrogens is 224 g/mol. The van der Waals surface area contributed by atoms with E-state index in [0.29, 0.717) is 11.5 Å². The molecule has 1 rings (SSSR count). The minimum atomic E-state index is -1.00. The SMILES string of the molecule is COc1ccc(OC)c(CC(OC)C(=O)O)c1. The molecule has 5 nitrogen and oxygen atoms in total. The van der Waals surface area contributed by atoms with Crippen molar-refractivity contribution < 1.29 is 24.1 Å². The fourth-order valence-electron chi connectivity index (χ4n) is 1.51. The Labute approximate surface area is 99.9 Å². The number of benzene rings is 1. The number of hydrogen-bond donors (Lipinski definition) is 1. The molecule has 0 aliphatic rings. The van der Waals surface area contributed by atoms with Crippen LogP contribution in [0.25, 0.3) is 0 Å². The first kappa shape index (κ1) is 13.3. The summed E-state index contributed by atoms with van der Waals surface area (Å²) in [6, 6.07) is 5.24. The molecule has 1 N–H and O–H groups in total. The second-order valence-electron chi connectivity index (χ2n) is 3.44. The fourth-order valence-corrected chi connectivity index (χ4v) is 1.51. The number of carbonyl (C=O) groups is 1. The number of hydrogen-bond acceptors (Lipinski definition) is 4. The zero-order valence-corrected chi connectivity index (χ0v) is 10.1. The lowest BCUT2D eigenvalue weighted by atomic mass is 10.1. The summed E-state index contributed by atoms with van der Waals surface area (Å²) in [5.41, 5.74) is 0.737. The molecule has 94 valence electrons. The van der Waals surface area contributed by atoms with Crippen LogP contribution in [0.4, 0.5) is 0 Å². The lowest BCUT2D eigenvalue weighted by Gasteiger charge is -2.14. The first-order chi connectivity index (χ1) is 8.12. The van der Waals surface area contributed by atoms with Crippen molar-refractivity contribution >= 4 is 5.97 Å². The molecule has 0 saturated carbocycles. The number of aliphatic carboxylic acids is 1. The molecule has 0 fully saturated rings. The summed E-state index contributed by atoms with van der Waals surface area (Å²) in [5, 5.41) is 8.93. The molecule has 0 radical (unpaired) electrons. The first-order valence-electron chi connectivity index (χ1n) is 5.08. The summed E-state index contributed by atoms with van der Waals surface area (Å²) in [7, 11) is 4.45. The van der Waals surface area contributed by atoms with Crippen LogP contribution in [0.3, 0.4) is 0 Å². The molecule has 1 unspecified atom stereocenters. The van der Waals surface area contributed by atoms with Crippen LogP contribution in [0.2, 0.25) is 0 Å². The van der Waals surface area contributed by atoms with Crippen molar-refractivity contribution in [2.75, 3.05) is 21.3 Å². The molecule has 0 spiro atoms. The molecule has 0 aliphatic carbocycles.